The molecule has 8 heteroatoms. The van der Waals surface area contributed by atoms with Gasteiger partial charge in [-0.3, -0.25) is 4.79 Å². The first kappa shape index (κ1) is 13.6. The maximum atomic E-state index is 11.6. The van der Waals surface area contributed by atoms with Gasteiger partial charge in [-0.05, 0) is 17.7 Å². The molecule has 0 unspecified atom stereocenters. The van der Waals surface area contributed by atoms with Gasteiger partial charge in [0.2, 0.25) is 5.91 Å². The van der Waals surface area contributed by atoms with Crippen LogP contribution in [0.4, 0.5) is 0 Å². The zero-order valence-corrected chi connectivity index (χ0v) is 11.4. The molecule has 1 heterocycles. The first-order chi connectivity index (χ1) is 8.96. The van der Waals surface area contributed by atoms with Gasteiger partial charge in [0.15, 0.2) is 11.5 Å². The Morgan fingerprint density at radius 2 is 1.95 bits per heavy atom. The number of carbonyl (C=O) groups is 1. The van der Waals surface area contributed by atoms with Crippen molar-refractivity contribution >= 4 is 16.1 Å². The van der Waals surface area contributed by atoms with Crippen molar-refractivity contribution in [3.63, 3.8) is 0 Å². The van der Waals surface area contributed by atoms with Crippen LogP contribution < -0.4 is 14.2 Å². The minimum Gasteiger partial charge on any atom is -0.493 e. The van der Waals surface area contributed by atoms with Crippen molar-refractivity contribution in [3.8, 4) is 11.5 Å². The molecule has 1 aliphatic rings. The number of carbonyl (C=O) groups excluding carboxylic acids is 1. The lowest BCUT2D eigenvalue weighted by Gasteiger charge is -2.14. The molecular weight excluding hydrogens is 272 g/mol. The van der Waals surface area contributed by atoms with Crippen LogP contribution in [-0.4, -0.2) is 39.4 Å². The second-order valence-corrected chi connectivity index (χ2v) is 5.66. The first-order valence-corrected chi connectivity index (χ1v) is 6.92. The molecule has 1 amide bonds. The largest absolute Gasteiger partial charge is 0.493 e. The highest BCUT2D eigenvalue weighted by Gasteiger charge is 2.33. The topological polar surface area (TPSA) is 84.9 Å². The second-order valence-electron chi connectivity index (χ2n) is 3.99. The average molecular weight is 286 g/mol. The second kappa shape index (κ2) is 5.06. The van der Waals surface area contributed by atoms with Crippen molar-refractivity contribution < 1.29 is 22.7 Å². The summed E-state index contributed by atoms with van der Waals surface area (Å²) in [5, 5.41) is 0. The molecule has 1 fully saturated rings. The van der Waals surface area contributed by atoms with Gasteiger partial charge in [-0.1, -0.05) is 6.07 Å². The Kier molecular flexibility index (Phi) is 3.63. The molecule has 104 valence electrons. The third kappa shape index (κ3) is 2.79. The van der Waals surface area contributed by atoms with E-state index in [9.17, 15) is 13.2 Å². The van der Waals surface area contributed by atoms with Crippen molar-refractivity contribution in [2.45, 2.75) is 6.54 Å². The lowest BCUT2D eigenvalue weighted by Crippen LogP contribution is -2.29. The number of nitrogens with one attached hydrogen (secondary N) is 1. The number of hydrogen-bond acceptors (Lipinski definition) is 5. The number of nitrogens with zero attached hydrogens (tertiary/aromatic N) is 1. The Morgan fingerprint density at radius 3 is 2.47 bits per heavy atom. The highest BCUT2D eigenvalue weighted by molar-refractivity contribution is 7.88. The zero-order chi connectivity index (χ0) is 14.0. The fourth-order valence-corrected chi connectivity index (χ4v) is 2.90. The van der Waals surface area contributed by atoms with Crippen LogP contribution in [0, 0.1) is 0 Å². The van der Waals surface area contributed by atoms with E-state index >= 15 is 0 Å². The third-order valence-electron chi connectivity index (χ3n) is 2.71. The monoisotopic (exact) mass is 286 g/mol. The third-order valence-corrected chi connectivity index (χ3v) is 4.13. The molecule has 1 N–H and O–H groups in total. The SMILES string of the molecule is COc1ccc(CN2CC(=O)NS2(=O)=O)cc1OC. The quantitative estimate of drug-likeness (QED) is 0.834. The molecule has 1 aromatic rings. The van der Waals surface area contributed by atoms with Crippen LogP contribution in [0.2, 0.25) is 0 Å². The molecule has 2 rings (SSSR count). The van der Waals surface area contributed by atoms with Crippen molar-refractivity contribution in [1.29, 1.82) is 0 Å². The van der Waals surface area contributed by atoms with Gasteiger partial charge >= 0.3 is 10.2 Å². The predicted molar refractivity (Wildman–Crippen MR) is 67.0 cm³/mol. The van der Waals surface area contributed by atoms with Crippen molar-refractivity contribution in [3.05, 3.63) is 23.8 Å². The molecular formula is C11H14N2O5S. The van der Waals surface area contributed by atoms with Crippen LogP contribution >= 0.6 is 0 Å². The molecule has 0 spiro atoms. The Labute approximate surface area is 111 Å². The fraction of sp³-hybridized carbons (Fsp3) is 0.364. The molecule has 1 saturated heterocycles. The molecule has 0 aliphatic carbocycles. The molecule has 7 nitrogen and oxygen atoms in total. The molecule has 0 bridgehead atoms. The summed E-state index contributed by atoms with van der Waals surface area (Å²) in [4.78, 5) is 11.1. The van der Waals surface area contributed by atoms with Gasteiger partial charge in [0, 0.05) is 6.54 Å². The first-order valence-electron chi connectivity index (χ1n) is 5.48. The van der Waals surface area contributed by atoms with E-state index < -0.39 is 16.1 Å². The van der Waals surface area contributed by atoms with E-state index in [0.717, 1.165) is 4.31 Å². The Hall–Kier alpha value is -1.80. The number of ether oxygens (including phenoxy) is 2. The molecule has 0 aromatic heterocycles. The summed E-state index contributed by atoms with van der Waals surface area (Å²) >= 11 is 0. The normalized spacial score (nSPS) is 18.1. The van der Waals surface area contributed by atoms with Gasteiger partial charge in [-0.2, -0.15) is 12.7 Å². The van der Waals surface area contributed by atoms with Crippen LogP contribution in [0.5, 0.6) is 11.5 Å². The van der Waals surface area contributed by atoms with Crippen LogP contribution in [0.1, 0.15) is 5.56 Å². The fourth-order valence-electron chi connectivity index (χ4n) is 1.81. The minimum absolute atomic E-state index is 0.0986. The maximum absolute atomic E-state index is 11.6. The summed E-state index contributed by atoms with van der Waals surface area (Å²) in [6.07, 6.45) is 0. The van der Waals surface area contributed by atoms with Gasteiger partial charge in [0.25, 0.3) is 0 Å². The van der Waals surface area contributed by atoms with E-state index in [0.29, 0.717) is 17.1 Å². The summed E-state index contributed by atoms with van der Waals surface area (Å²) in [6.45, 7) is -0.0713. The number of amides is 1. The summed E-state index contributed by atoms with van der Waals surface area (Å²) < 4.78 is 36.4. The molecule has 1 aliphatic heterocycles. The van der Waals surface area contributed by atoms with Crippen molar-refractivity contribution in [2.75, 3.05) is 20.8 Å². The predicted octanol–water partition coefficient (Wildman–Crippen LogP) is -0.120. The van der Waals surface area contributed by atoms with E-state index in [1.807, 2.05) is 4.72 Å². The maximum Gasteiger partial charge on any atom is 0.304 e. The minimum atomic E-state index is -3.71. The standard InChI is InChI=1S/C11H14N2O5S/c1-17-9-4-3-8(5-10(9)18-2)6-13-7-11(14)12-19(13,15)16/h3-5H,6-7H2,1-2H3,(H,12,14). The van der Waals surface area contributed by atoms with Gasteiger partial charge in [0.1, 0.15) is 0 Å². The van der Waals surface area contributed by atoms with Crippen LogP contribution in [0.3, 0.4) is 0 Å². The van der Waals surface area contributed by atoms with E-state index in [1.54, 1.807) is 18.2 Å². The van der Waals surface area contributed by atoms with E-state index in [-0.39, 0.29) is 13.1 Å². The summed E-state index contributed by atoms with van der Waals surface area (Å²) in [7, 11) is -0.690. The molecule has 0 saturated carbocycles. The zero-order valence-electron chi connectivity index (χ0n) is 10.5. The number of rotatable bonds is 4. The number of methoxy groups -OCH3 is 2. The van der Waals surface area contributed by atoms with Gasteiger partial charge in [-0.25, -0.2) is 4.72 Å². The van der Waals surface area contributed by atoms with E-state index in [2.05, 4.69) is 0 Å². The van der Waals surface area contributed by atoms with Gasteiger partial charge in [0.05, 0.1) is 20.8 Å². The molecule has 1 aromatic carbocycles. The smallest absolute Gasteiger partial charge is 0.304 e. The number of hydrogen-bond donors (Lipinski definition) is 1. The number of benzene rings is 1. The highest BCUT2D eigenvalue weighted by atomic mass is 32.2. The summed E-state index contributed by atoms with van der Waals surface area (Å²) in [5.74, 6) is 0.543. The summed E-state index contributed by atoms with van der Waals surface area (Å²) in [6, 6.07) is 5.09. The molecule has 0 atom stereocenters. The van der Waals surface area contributed by atoms with Crippen LogP contribution in [-0.2, 0) is 21.5 Å². The Morgan fingerprint density at radius 1 is 1.26 bits per heavy atom. The van der Waals surface area contributed by atoms with Crippen LogP contribution in [0.25, 0.3) is 0 Å². The van der Waals surface area contributed by atoms with E-state index in [4.69, 9.17) is 9.47 Å². The van der Waals surface area contributed by atoms with Crippen molar-refractivity contribution in [2.24, 2.45) is 0 Å². The van der Waals surface area contributed by atoms with Gasteiger partial charge in [-0.15, -0.1) is 0 Å². The Bertz CT molecular complexity index is 599. The Balaban J connectivity index is 2.22. The van der Waals surface area contributed by atoms with Crippen molar-refractivity contribution in [1.82, 2.24) is 9.03 Å². The molecule has 19 heavy (non-hydrogen) atoms. The summed E-state index contributed by atoms with van der Waals surface area (Å²) in [5.41, 5.74) is 0.706. The lowest BCUT2D eigenvalue weighted by atomic mass is 10.2. The molecule has 0 radical (unpaired) electrons. The van der Waals surface area contributed by atoms with Gasteiger partial charge < -0.3 is 9.47 Å². The highest BCUT2D eigenvalue weighted by Crippen LogP contribution is 2.28. The van der Waals surface area contributed by atoms with Crippen LogP contribution in [0.15, 0.2) is 18.2 Å². The average Bonchev–Trinajstić information content (AvgIpc) is 2.62. The lowest BCUT2D eigenvalue weighted by molar-refractivity contribution is -0.118. The van der Waals surface area contributed by atoms with E-state index in [1.165, 1.54) is 14.2 Å².